The number of amides is 1. The van der Waals surface area contributed by atoms with Crippen molar-refractivity contribution >= 4 is 34.8 Å². The topological polar surface area (TPSA) is 76.4 Å². The van der Waals surface area contributed by atoms with E-state index in [-0.39, 0.29) is 11.3 Å². The Kier molecular flexibility index (Phi) is 3.14. The minimum atomic E-state index is -1.43. The smallest absolute Gasteiger partial charge is 0.243 e. The first-order valence-corrected chi connectivity index (χ1v) is 6.60. The van der Waals surface area contributed by atoms with Gasteiger partial charge in [-0.15, -0.1) is 0 Å². The van der Waals surface area contributed by atoms with Crippen LogP contribution in [0.4, 0.5) is 5.69 Å². The van der Waals surface area contributed by atoms with Crippen molar-refractivity contribution in [3.63, 3.8) is 0 Å². The molecule has 1 aromatic carbocycles. The Labute approximate surface area is 124 Å². The van der Waals surface area contributed by atoms with Gasteiger partial charge < -0.3 is 9.73 Å². The lowest BCUT2D eigenvalue weighted by atomic mass is 9.87. The van der Waals surface area contributed by atoms with Crippen molar-refractivity contribution in [2.75, 3.05) is 5.32 Å². The molecular formula is C15H10ClNO4. The zero-order valence-corrected chi connectivity index (χ0v) is 11.7. The lowest BCUT2D eigenvalue weighted by molar-refractivity contribution is -0.117. The van der Waals surface area contributed by atoms with Gasteiger partial charge in [-0.25, -0.2) is 0 Å². The quantitative estimate of drug-likeness (QED) is 0.683. The van der Waals surface area contributed by atoms with E-state index in [0.717, 1.165) is 0 Å². The minimum absolute atomic E-state index is 0.00147. The number of halogens is 1. The van der Waals surface area contributed by atoms with Crippen molar-refractivity contribution in [1.82, 2.24) is 0 Å². The molecule has 1 unspecified atom stereocenters. The number of Topliss-reactive ketones (excluding diaryl/α,β-unsaturated/α-hetero) is 2. The number of carbonyl (C=O) groups is 3. The second kappa shape index (κ2) is 4.86. The molecule has 5 nitrogen and oxygen atoms in total. The fourth-order valence-electron chi connectivity index (χ4n) is 2.26. The molecule has 1 aliphatic heterocycles. The molecule has 2 heterocycles. The number of hydrogen-bond donors (Lipinski definition) is 1. The van der Waals surface area contributed by atoms with Crippen LogP contribution in [0.2, 0.25) is 5.02 Å². The van der Waals surface area contributed by atoms with E-state index < -0.39 is 23.4 Å². The fourth-order valence-corrected chi connectivity index (χ4v) is 2.43. The molecule has 0 radical (unpaired) electrons. The van der Waals surface area contributed by atoms with E-state index in [2.05, 4.69) is 5.32 Å². The second-order valence-electron chi connectivity index (χ2n) is 4.75. The van der Waals surface area contributed by atoms with Crippen LogP contribution in [0.25, 0.3) is 0 Å². The summed E-state index contributed by atoms with van der Waals surface area (Å²) in [6, 6.07) is 7.56. The predicted octanol–water partition coefficient (Wildman–Crippen LogP) is 2.88. The van der Waals surface area contributed by atoms with E-state index in [1.54, 1.807) is 13.0 Å². The fraction of sp³-hybridized carbons (Fsp3) is 0.133. The number of ketones is 2. The van der Waals surface area contributed by atoms with Crippen LogP contribution in [0.3, 0.4) is 0 Å². The van der Waals surface area contributed by atoms with Gasteiger partial charge in [-0.2, -0.15) is 0 Å². The Balaban J connectivity index is 2.01. The summed E-state index contributed by atoms with van der Waals surface area (Å²) in [6.07, 6.45) is 0. The van der Waals surface area contributed by atoms with E-state index >= 15 is 0 Å². The Bertz CT molecular complexity index is 778. The van der Waals surface area contributed by atoms with Gasteiger partial charge in [0.1, 0.15) is 5.76 Å². The van der Waals surface area contributed by atoms with Crippen LogP contribution < -0.4 is 5.32 Å². The molecule has 1 aliphatic rings. The first-order chi connectivity index (χ1) is 9.97. The van der Waals surface area contributed by atoms with Crippen molar-refractivity contribution < 1.29 is 18.8 Å². The van der Waals surface area contributed by atoms with Crippen molar-refractivity contribution in [3.05, 3.63) is 52.4 Å². The Hall–Kier alpha value is -2.40. The molecule has 6 heteroatoms. The maximum absolute atomic E-state index is 12.4. The molecule has 21 heavy (non-hydrogen) atoms. The monoisotopic (exact) mass is 303 g/mol. The number of benzene rings is 1. The lowest BCUT2D eigenvalue weighted by Gasteiger charge is -2.22. The number of nitrogens with one attached hydrogen (secondary N) is 1. The van der Waals surface area contributed by atoms with Crippen molar-refractivity contribution in [2.45, 2.75) is 6.92 Å². The molecule has 0 saturated heterocycles. The summed E-state index contributed by atoms with van der Waals surface area (Å²) in [5, 5.41) is 2.93. The van der Waals surface area contributed by atoms with Crippen LogP contribution in [-0.2, 0) is 4.79 Å². The van der Waals surface area contributed by atoms with Crippen LogP contribution in [0, 0.1) is 12.8 Å². The normalized spacial score (nSPS) is 17.3. The van der Waals surface area contributed by atoms with Gasteiger partial charge in [-0.3, -0.25) is 14.4 Å². The molecular weight excluding hydrogens is 294 g/mol. The molecule has 0 aliphatic carbocycles. The maximum atomic E-state index is 12.4. The van der Waals surface area contributed by atoms with Gasteiger partial charge in [-0.05, 0) is 37.3 Å². The van der Waals surface area contributed by atoms with E-state index in [4.69, 9.17) is 16.0 Å². The molecule has 3 rings (SSSR count). The van der Waals surface area contributed by atoms with Gasteiger partial charge in [0.2, 0.25) is 11.7 Å². The third kappa shape index (κ3) is 2.25. The first kappa shape index (κ1) is 13.6. The van der Waals surface area contributed by atoms with E-state index in [1.165, 1.54) is 24.3 Å². The van der Waals surface area contributed by atoms with Gasteiger partial charge in [-0.1, -0.05) is 11.6 Å². The van der Waals surface area contributed by atoms with Crippen molar-refractivity contribution in [3.8, 4) is 0 Å². The predicted molar refractivity (Wildman–Crippen MR) is 75.7 cm³/mol. The zero-order chi connectivity index (χ0) is 15.1. The second-order valence-corrected chi connectivity index (χ2v) is 5.19. The van der Waals surface area contributed by atoms with E-state index in [9.17, 15) is 14.4 Å². The number of furan rings is 1. The molecule has 0 fully saturated rings. The van der Waals surface area contributed by atoms with Gasteiger partial charge in [0.15, 0.2) is 17.5 Å². The lowest BCUT2D eigenvalue weighted by Crippen LogP contribution is -2.40. The SMILES string of the molecule is Cc1ccc(C(=O)C2C(=O)Nc3cc(Cl)ccc3C2=O)o1. The van der Waals surface area contributed by atoms with Gasteiger partial charge in [0.05, 0.1) is 5.69 Å². The summed E-state index contributed by atoms with van der Waals surface area (Å²) in [4.78, 5) is 36.8. The summed E-state index contributed by atoms with van der Waals surface area (Å²) < 4.78 is 5.20. The largest absolute Gasteiger partial charge is 0.458 e. The highest BCUT2D eigenvalue weighted by Gasteiger charge is 2.41. The molecule has 1 amide bonds. The average Bonchev–Trinajstić information content (AvgIpc) is 2.84. The summed E-state index contributed by atoms with van der Waals surface area (Å²) in [5.41, 5.74) is 0.581. The Morgan fingerprint density at radius 1 is 1.24 bits per heavy atom. The molecule has 1 aromatic heterocycles. The van der Waals surface area contributed by atoms with Gasteiger partial charge in [0, 0.05) is 10.6 Å². The number of fused-ring (bicyclic) bond motifs is 1. The number of carbonyl (C=O) groups excluding carboxylic acids is 3. The first-order valence-electron chi connectivity index (χ1n) is 6.22. The molecule has 0 spiro atoms. The molecule has 2 aromatic rings. The van der Waals surface area contributed by atoms with Crippen LogP contribution in [0.1, 0.15) is 26.7 Å². The summed E-state index contributed by atoms with van der Waals surface area (Å²) in [5.74, 6) is -2.76. The van der Waals surface area contributed by atoms with Crippen molar-refractivity contribution in [2.24, 2.45) is 5.92 Å². The average molecular weight is 304 g/mol. The number of aryl methyl sites for hydroxylation is 1. The van der Waals surface area contributed by atoms with Crippen LogP contribution in [0.15, 0.2) is 34.7 Å². The summed E-state index contributed by atoms with van der Waals surface area (Å²) >= 11 is 5.83. The highest BCUT2D eigenvalue weighted by Crippen LogP contribution is 2.30. The molecule has 0 saturated carbocycles. The van der Waals surface area contributed by atoms with E-state index in [1.807, 2.05) is 0 Å². The zero-order valence-electron chi connectivity index (χ0n) is 11.0. The van der Waals surface area contributed by atoms with Crippen LogP contribution in [-0.4, -0.2) is 17.5 Å². The Morgan fingerprint density at radius 3 is 2.67 bits per heavy atom. The molecule has 0 bridgehead atoms. The molecule has 1 atom stereocenters. The third-order valence-electron chi connectivity index (χ3n) is 3.27. The van der Waals surface area contributed by atoms with Crippen molar-refractivity contribution in [1.29, 1.82) is 0 Å². The highest BCUT2D eigenvalue weighted by atomic mass is 35.5. The van der Waals surface area contributed by atoms with E-state index in [0.29, 0.717) is 16.5 Å². The summed E-state index contributed by atoms with van der Waals surface area (Å²) in [7, 11) is 0. The van der Waals surface area contributed by atoms with Gasteiger partial charge in [0.25, 0.3) is 0 Å². The number of hydrogen-bond acceptors (Lipinski definition) is 4. The van der Waals surface area contributed by atoms with Crippen LogP contribution in [0.5, 0.6) is 0 Å². The summed E-state index contributed by atoms with van der Waals surface area (Å²) in [6.45, 7) is 1.68. The number of rotatable bonds is 2. The minimum Gasteiger partial charge on any atom is -0.458 e. The van der Waals surface area contributed by atoms with Crippen LogP contribution >= 0.6 is 11.6 Å². The standard InChI is InChI=1S/C15H10ClNO4/c1-7-2-5-11(21-7)14(19)12-13(18)9-4-3-8(16)6-10(9)17-15(12)20/h2-6,12H,1H3,(H,17,20). The third-order valence-corrected chi connectivity index (χ3v) is 3.51. The maximum Gasteiger partial charge on any atom is 0.243 e. The highest BCUT2D eigenvalue weighted by molar-refractivity contribution is 6.35. The molecule has 106 valence electrons. The number of anilines is 1. The Morgan fingerprint density at radius 2 is 2.00 bits per heavy atom. The van der Waals surface area contributed by atoms with Gasteiger partial charge >= 0.3 is 0 Å². The molecule has 1 N–H and O–H groups in total.